The number of hydrogen-bond donors (Lipinski definition) is 1. The molecule has 1 saturated heterocycles. The molecule has 1 aromatic heterocycles. The smallest absolute Gasteiger partial charge is 0.217 e. The Kier molecular flexibility index (Phi) is 5.33. The summed E-state index contributed by atoms with van der Waals surface area (Å²) < 4.78 is 31.7. The van der Waals surface area contributed by atoms with Gasteiger partial charge in [-0.2, -0.15) is 4.31 Å². The van der Waals surface area contributed by atoms with Crippen LogP contribution in [-0.4, -0.2) is 48.7 Å². The molecule has 0 saturated carbocycles. The second kappa shape index (κ2) is 7.46. The van der Waals surface area contributed by atoms with Gasteiger partial charge in [0.1, 0.15) is 5.82 Å². The summed E-state index contributed by atoms with van der Waals surface area (Å²) in [6.45, 7) is 0.747. The standard InChI is InChI=1S/C17H23N3O3S/c1-23-11-12-24(21,22)20-10-6-5-9-16(20)17-18-13-15(19-17)14-7-3-2-4-8-14/h2-4,7-8,13,16H,5-6,9-12H2,1H3,(H,18,19). The molecular formula is C17H23N3O3S. The summed E-state index contributed by atoms with van der Waals surface area (Å²) in [6, 6.07) is 9.69. The molecule has 130 valence electrons. The van der Waals surface area contributed by atoms with Gasteiger partial charge >= 0.3 is 0 Å². The zero-order valence-electron chi connectivity index (χ0n) is 13.8. The maximum atomic E-state index is 12.6. The minimum Gasteiger partial charge on any atom is -0.384 e. The average Bonchev–Trinajstić information content (AvgIpc) is 3.11. The monoisotopic (exact) mass is 349 g/mol. The lowest BCUT2D eigenvalue weighted by atomic mass is 10.0. The Labute approximate surface area is 142 Å². The topological polar surface area (TPSA) is 75.3 Å². The number of ether oxygens (including phenoxy) is 1. The van der Waals surface area contributed by atoms with Gasteiger partial charge in [0.2, 0.25) is 10.0 Å². The lowest BCUT2D eigenvalue weighted by molar-refractivity contribution is 0.209. The predicted molar refractivity (Wildman–Crippen MR) is 93.0 cm³/mol. The van der Waals surface area contributed by atoms with E-state index in [0.717, 1.165) is 36.3 Å². The fourth-order valence-corrected chi connectivity index (χ4v) is 4.70. The van der Waals surface area contributed by atoms with E-state index < -0.39 is 10.0 Å². The average molecular weight is 349 g/mol. The molecule has 1 fully saturated rings. The molecule has 0 bridgehead atoms. The number of nitrogens with one attached hydrogen (secondary N) is 1. The van der Waals surface area contributed by atoms with Gasteiger partial charge in [-0.05, 0) is 18.4 Å². The Morgan fingerprint density at radius 1 is 1.29 bits per heavy atom. The van der Waals surface area contributed by atoms with Crippen molar-refractivity contribution in [2.75, 3.05) is 26.0 Å². The van der Waals surface area contributed by atoms with E-state index in [9.17, 15) is 8.42 Å². The Bertz CT molecular complexity index is 758. The van der Waals surface area contributed by atoms with Crippen molar-refractivity contribution >= 4 is 10.0 Å². The van der Waals surface area contributed by atoms with Gasteiger partial charge in [-0.1, -0.05) is 36.8 Å². The van der Waals surface area contributed by atoms with Crippen molar-refractivity contribution in [3.05, 3.63) is 42.4 Å². The molecule has 2 heterocycles. The number of aromatic amines is 1. The highest BCUT2D eigenvalue weighted by Crippen LogP contribution is 2.32. The van der Waals surface area contributed by atoms with Gasteiger partial charge in [0, 0.05) is 13.7 Å². The molecule has 1 aliphatic rings. The van der Waals surface area contributed by atoms with Crippen molar-refractivity contribution in [3.63, 3.8) is 0 Å². The van der Waals surface area contributed by atoms with Gasteiger partial charge in [0.05, 0.1) is 30.3 Å². The summed E-state index contributed by atoms with van der Waals surface area (Å²) in [5.41, 5.74) is 1.95. The van der Waals surface area contributed by atoms with Crippen LogP contribution in [0.2, 0.25) is 0 Å². The zero-order chi connectivity index (χ0) is 17.0. The summed E-state index contributed by atoms with van der Waals surface area (Å²) in [5.74, 6) is 0.723. The SMILES string of the molecule is COCCS(=O)(=O)N1CCCCC1c1ncc(-c2ccccc2)[nH]1. The molecule has 7 heteroatoms. The number of piperidine rings is 1. The maximum Gasteiger partial charge on any atom is 0.217 e. The van der Waals surface area contributed by atoms with Crippen LogP contribution in [0.25, 0.3) is 11.3 Å². The number of benzene rings is 1. The lowest BCUT2D eigenvalue weighted by Crippen LogP contribution is -2.41. The van der Waals surface area contributed by atoms with Crippen LogP contribution in [-0.2, 0) is 14.8 Å². The Hall–Kier alpha value is -1.70. The first-order valence-electron chi connectivity index (χ1n) is 8.20. The predicted octanol–water partition coefficient (Wildman–Crippen LogP) is 2.58. The second-order valence-corrected chi connectivity index (χ2v) is 8.02. The van der Waals surface area contributed by atoms with Gasteiger partial charge in [-0.15, -0.1) is 0 Å². The van der Waals surface area contributed by atoms with Crippen LogP contribution in [0.4, 0.5) is 0 Å². The minimum absolute atomic E-state index is 0.00620. The second-order valence-electron chi connectivity index (χ2n) is 5.98. The molecule has 24 heavy (non-hydrogen) atoms. The van der Waals surface area contributed by atoms with Crippen LogP contribution >= 0.6 is 0 Å². The summed E-state index contributed by atoms with van der Waals surface area (Å²) in [4.78, 5) is 7.78. The molecular weight excluding hydrogens is 326 g/mol. The van der Waals surface area contributed by atoms with Crippen molar-refractivity contribution < 1.29 is 13.2 Å². The molecule has 0 amide bonds. The molecule has 0 aliphatic carbocycles. The van der Waals surface area contributed by atoms with Crippen LogP contribution in [0.5, 0.6) is 0 Å². The van der Waals surface area contributed by atoms with Gasteiger partial charge in [-0.25, -0.2) is 13.4 Å². The highest BCUT2D eigenvalue weighted by atomic mass is 32.2. The number of aromatic nitrogens is 2. The summed E-state index contributed by atoms with van der Waals surface area (Å²) in [5, 5.41) is 0. The van der Waals surface area contributed by atoms with Crippen LogP contribution in [0, 0.1) is 0 Å². The summed E-state index contributed by atoms with van der Waals surface area (Å²) in [7, 11) is -1.83. The summed E-state index contributed by atoms with van der Waals surface area (Å²) >= 11 is 0. The van der Waals surface area contributed by atoms with Crippen molar-refractivity contribution in [1.82, 2.24) is 14.3 Å². The fraction of sp³-hybridized carbons (Fsp3) is 0.471. The number of methoxy groups -OCH3 is 1. The Morgan fingerprint density at radius 2 is 2.08 bits per heavy atom. The van der Waals surface area contributed by atoms with Crippen molar-refractivity contribution in [2.24, 2.45) is 0 Å². The van der Waals surface area contributed by atoms with Crippen molar-refractivity contribution in [1.29, 1.82) is 0 Å². The van der Waals surface area contributed by atoms with Crippen molar-refractivity contribution in [2.45, 2.75) is 25.3 Å². The number of nitrogens with zero attached hydrogens (tertiary/aromatic N) is 2. The highest BCUT2D eigenvalue weighted by molar-refractivity contribution is 7.89. The van der Waals surface area contributed by atoms with Gasteiger partial charge < -0.3 is 9.72 Å². The first kappa shape index (κ1) is 17.1. The van der Waals surface area contributed by atoms with E-state index in [2.05, 4.69) is 9.97 Å². The van der Waals surface area contributed by atoms with Crippen molar-refractivity contribution in [3.8, 4) is 11.3 Å². The lowest BCUT2D eigenvalue weighted by Gasteiger charge is -2.33. The fourth-order valence-electron chi connectivity index (χ4n) is 3.09. The van der Waals surface area contributed by atoms with E-state index in [1.54, 1.807) is 10.5 Å². The molecule has 1 aromatic carbocycles. The first-order chi connectivity index (χ1) is 11.6. The number of rotatable bonds is 6. The van der Waals surface area contributed by atoms with E-state index in [4.69, 9.17) is 4.74 Å². The molecule has 2 aromatic rings. The van der Waals surface area contributed by atoms with E-state index in [0.29, 0.717) is 6.54 Å². The summed E-state index contributed by atoms with van der Waals surface area (Å²) in [6.07, 6.45) is 4.45. The molecule has 1 unspecified atom stereocenters. The zero-order valence-corrected chi connectivity index (χ0v) is 14.6. The Balaban J connectivity index is 1.85. The third-order valence-corrected chi connectivity index (χ3v) is 6.19. The molecule has 0 radical (unpaired) electrons. The normalized spacial score (nSPS) is 19.5. The number of hydrogen-bond acceptors (Lipinski definition) is 4. The third kappa shape index (κ3) is 3.68. The van der Waals surface area contributed by atoms with Crippen LogP contribution < -0.4 is 0 Å². The van der Waals surface area contributed by atoms with Crippen LogP contribution in [0.15, 0.2) is 36.5 Å². The first-order valence-corrected chi connectivity index (χ1v) is 9.81. The minimum atomic E-state index is -3.35. The highest BCUT2D eigenvalue weighted by Gasteiger charge is 2.34. The quantitative estimate of drug-likeness (QED) is 0.870. The van der Waals surface area contributed by atoms with Gasteiger partial charge in [0.15, 0.2) is 0 Å². The molecule has 1 atom stereocenters. The van der Waals surface area contributed by atoms with Crippen LogP contribution in [0.3, 0.4) is 0 Å². The van der Waals surface area contributed by atoms with E-state index in [1.165, 1.54) is 7.11 Å². The number of imidazole rings is 1. The largest absolute Gasteiger partial charge is 0.384 e. The third-order valence-electron chi connectivity index (χ3n) is 4.35. The molecule has 1 N–H and O–H groups in total. The molecule has 3 rings (SSSR count). The van der Waals surface area contributed by atoms with Crippen LogP contribution in [0.1, 0.15) is 31.1 Å². The van der Waals surface area contributed by atoms with E-state index >= 15 is 0 Å². The molecule has 6 nitrogen and oxygen atoms in total. The molecule has 0 spiro atoms. The molecule has 1 aliphatic heterocycles. The maximum absolute atomic E-state index is 12.6. The van der Waals surface area contributed by atoms with Gasteiger partial charge in [-0.3, -0.25) is 0 Å². The van der Waals surface area contributed by atoms with E-state index in [1.807, 2.05) is 30.3 Å². The Morgan fingerprint density at radius 3 is 2.83 bits per heavy atom. The number of sulfonamides is 1. The number of H-pyrrole nitrogens is 1. The van der Waals surface area contributed by atoms with E-state index in [-0.39, 0.29) is 18.4 Å². The van der Waals surface area contributed by atoms with Gasteiger partial charge in [0.25, 0.3) is 0 Å².